The van der Waals surface area contributed by atoms with Gasteiger partial charge in [0.2, 0.25) is 5.91 Å². The van der Waals surface area contributed by atoms with Crippen molar-refractivity contribution in [2.45, 2.75) is 13.3 Å². The summed E-state index contributed by atoms with van der Waals surface area (Å²) in [5.41, 5.74) is 0.486. The molecule has 0 saturated carbocycles. The first-order valence-electron chi connectivity index (χ1n) is 5.54. The maximum absolute atomic E-state index is 13.1. The van der Waals surface area contributed by atoms with Crippen LogP contribution in [0.3, 0.4) is 0 Å². The summed E-state index contributed by atoms with van der Waals surface area (Å²) in [4.78, 5) is 11.4. The molecule has 0 bridgehead atoms. The molecule has 0 aliphatic heterocycles. The number of carbonyl (C=O) groups is 1. The maximum atomic E-state index is 13.1. The molecule has 18 heavy (non-hydrogen) atoms. The van der Waals surface area contributed by atoms with Crippen molar-refractivity contribution in [3.05, 3.63) is 24.0 Å². The van der Waals surface area contributed by atoms with Gasteiger partial charge in [0.25, 0.3) is 0 Å². The van der Waals surface area contributed by atoms with Crippen molar-refractivity contribution in [2.24, 2.45) is 0 Å². The maximum Gasteiger partial charge on any atom is 0.238 e. The number of halogens is 2. The zero-order valence-electron chi connectivity index (χ0n) is 10.5. The van der Waals surface area contributed by atoms with E-state index in [1.54, 1.807) is 7.05 Å². The van der Waals surface area contributed by atoms with E-state index in [9.17, 15) is 9.18 Å². The molecule has 2 N–H and O–H groups in total. The van der Waals surface area contributed by atoms with Gasteiger partial charge in [0.05, 0.1) is 18.8 Å². The highest BCUT2D eigenvalue weighted by Crippen LogP contribution is 2.25. The molecule has 1 aromatic carbocycles. The van der Waals surface area contributed by atoms with E-state index in [2.05, 4.69) is 10.6 Å². The quantitative estimate of drug-likeness (QED) is 0.837. The summed E-state index contributed by atoms with van der Waals surface area (Å²) in [5, 5.41) is 5.39. The molecule has 0 radical (unpaired) electrons. The van der Waals surface area contributed by atoms with Crippen LogP contribution in [0, 0.1) is 5.82 Å². The molecule has 0 saturated heterocycles. The third-order valence-corrected chi connectivity index (χ3v) is 2.02. The van der Waals surface area contributed by atoms with Crippen molar-refractivity contribution in [1.82, 2.24) is 5.32 Å². The van der Waals surface area contributed by atoms with E-state index in [1.807, 2.05) is 6.92 Å². The third kappa shape index (κ3) is 5.33. The van der Waals surface area contributed by atoms with Crippen LogP contribution >= 0.6 is 12.4 Å². The van der Waals surface area contributed by atoms with E-state index in [0.29, 0.717) is 18.0 Å². The summed E-state index contributed by atoms with van der Waals surface area (Å²) in [7, 11) is 1.68. The molecule has 0 aromatic heterocycles. The largest absolute Gasteiger partial charge is 0.491 e. The monoisotopic (exact) mass is 276 g/mol. The zero-order chi connectivity index (χ0) is 12.7. The minimum Gasteiger partial charge on any atom is -0.491 e. The first-order valence-corrected chi connectivity index (χ1v) is 5.54. The number of benzene rings is 1. The highest BCUT2D eigenvalue weighted by atomic mass is 35.5. The van der Waals surface area contributed by atoms with Crippen LogP contribution in [0.4, 0.5) is 10.1 Å². The van der Waals surface area contributed by atoms with Crippen molar-refractivity contribution in [2.75, 3.05) is 25.5 Å². The fraction of sp³-hybridized carbons (Fsp3) is 0.417. The lowest BCUT2D eigenvalue weighted by Gasteiger charge is -2.12. The second-order valence-corrected chi connectivity index (χ2v) is 3.57. The highest BCUT2D eigenvalue weighted by molar-refractivity contribution is 5.93. The topological polar surface area (TPSA) is 50.4 Å². The Morgan fingerprint density at radius 1 is 1.44 bits per heavy atom. The average Bonchev–Trinajstić information content (AvgIpc) is 2.30. The Kier molecular flexibility index (Phi) is 8.07. The Bertz CT molecular complexity index is 388. The van der Waals surface area contributed by atoms with Crippen LogP contribution in [0.15, 0.2) is 18.2 Å². The standard InChI is InChI=1S/C12H17FN2O2.ClH/c1-3-6-17-11-7-9(13)4-5-10(11)15-12(16)8-14-2;/h4-5,7,14H,3,6,8H2,1-2H3,(H,15,16);1H. The second kappa shape index (κ2) is 8.72. The van der Waals surface area contributed by atoms with Gasteiger partial charge in [-0.25, -0.2) is 4.39 Å². The molecule has 1 amide bonds. The molecule has 0 heterocycles. The van der Waals surface area contributed by atoms with Crippen LogP contribution in [-0.2, 0) is 4.79 Å². The summed E-state index contributed by atoms with van der Waals surface area (Å²) in [6.45, 7) is 2.64. The van der Waals surface area contributed by atoms with Crippen LogP contribution in [0.5, 0.6) is 5.75 Å². The number of hydrogen-bond donors (Lipinski definition) is 2. The fourth-order valence-corrected chi connectivity index (χ4v) is 1.29. The SMILES string of the molecule is CCCOc1cc(F)ccc1NC(=O)CNC.Cl. The van der Waals surface area contributed by atoms with E-state index in [4.69, 9.17) is 4.74 Å². The first kappa shape index (κ1) is 16.7. The van der Waals surface area contributed by atoms with Gasteiger partial charge < -0.3 is 15.4 Å². The predicted molar refractivity (Wildman–Crippen MR) is 72.0 cm³/mol. The van der Waals surface area contributed by atoms with Gasteiger partial charge in [0, 0.05) is 6.07 Å². The number of amides is 1. The molecule has 0 fully saturated rings. The predicted octanol–water partition coefficient (Wildman–Crippen LogP) is 2.19. The molecule has 0 aliphatic rings. The van der Waals surface area contributed by atoms with E-state index >= 15 is 0 Å². The number of anilines is 1. The zero-order valence-corrected chi connectivity index (χ0v) is 11.3. The summed E-state index contributed by atoms with van der Waals surface area (Å²) in [5.74, 6) is -0.223. The minimum absolute atomic E-state index is 0. The van der Waals surface area contributed by atoms with E-state index in [1.165, 1.54) is 18.2 Å². The Hall–Kier alpha value is -1.33. The van der Waals surface area contributed by atoms with Crippen LogP contribution in [0.25, 0.3) is 0 Å². The van der Waals surface area contributed by atoms with Crippen LogP contribution in [0.2, 0.25) is 0 Å². The van der Waals surface area contributed by atoms with Crippen molar-refractivity contribution in [1.29, 1.82) is 0 Å². The van der Waals surface area contributed by atoms with E-state index in [-0.39, 0.29) is 30.7 Å². The van der Waals surface area contributed by atoms with Crippen LogP contribution in [0.1, 0.15) is 13.3 Å². The Labute approximate surface area is 112 Å². The molecule has 1 aromatic rings. The fourth-order valence-electron chi connectivity index (χ4n) is 1.29. The Balaban J connectivity index is 0.00000289. The van der Waals surface area contributed by atoms with Gasteiger partial charge in [0.1, 0.15) is 11.6 Å². The van der Waals surface area contributed by atoms with Crippen molar-refractivity contribution < 1.29 is 13.9 Å². The highest BCUT2D eigenvalue weighted by Gasteiger charge is 2.08. The number of carbonyl (C=O) groups excluding carboxylic acids is 1. The molecule has 1 rings (SSSR count). The number of rotatable bonds is 6. The van der Waals surface area contributed by atoms with Gasteiger partial charge in [-0.1, -0.05) is 6.92 Å². The molecule has 0 atom stereocenters. The third-order valence-electron chi connectivity index (χ3n) is 2.02. The lowest BCUT2D eigenvalue weighted by Crippen LogP contribution is -2.25. The molecule has 0 unspecified atom stereocenters. The van der Waals surface area contributed by atoms with Gasteiger partial charge >= 0.3 is 0 Å². The number of likely N-dealkylation sites (N-methyl/N-ethyl adjacent to an activating group) is 1. The van der Waals surface area contributed by atoms with Gasteiger partial charge in [0.15, 0.2) is 0 Å². The van der Waals surface area contributed by atoms with Gasteiger partial charge in [-0.3, -0.25) is 4.79 Å². The first-order chi connectivity index (χ1) is 8.17. The average molecular weight is 277 g/mol. The summed E-state index contributed by atoms with van der Waals surface area (Å²) >= 11 is 0. The number of hydrogen-bond acceptors (Lipinski definition) is 3. The smallest absolute Gasteiger partial charge is 0.238 e. The lowest BCUT2D eigenvalue weighted by molar-refractivity contribution is -0.115. The minimum atomic E-state index is -0.386. The molecule has 0 spiro atoms. The van der Waals surface area contributed by atoms with Crippen molar-refractivity contribution in [3.8, 4) is 5.75 Å². The summed E-state index contributed by atoms with van der Waals surface area (Å²) < 4.78 is 18.4. The molecular weight excluding hydrogens is 259 g/mol. The molecule has 6 heteroatoms. The molecule has 0 aliphatic carbocycles. The van der Waals surface area contributed by atoms with Gasteiger partial charge in [-0.15, -0.1) is 12.4 Å². The molecular formula is C12H18ClFN2O2. The summed E-state index contributed by atoms with van der Waals surface area (Å²) in [6, 6.07) is 4.05. The lowest BCUT2D eigenvalue weighted by atomic mass is 10.2. The summed E-state index contributed by atoms with van der Waals surface area (Å²) in [6.07, 6.45) is 0.820. The molecule has 4 nitrogen and oxygen atoms in total. The van der Waals surface area contributed by atoms with Gasteiger partial charge in [-0.2, -0.15) is 0 Å². The van der Waals surface area contributed by atoms with Crippen LogP contribution < -0.4 is 15.4 Å². The van der Waals surface area contributed by atoms with Crippen LogP contribution in [-0.4, -0.2) is 26.1 Å². The van der Waals surface area contributed by atoms with Crippen molar-refractivity contribution in [3.63, 3.8) is 0 Å². The second-order valence-electron chi connectivity index (χ2n) is 3.57. The van der Waals surface area contributed by atoms with E-state index in [0.717, 1.165) is 6.42 Å². The van der Waals surface area contributed by atoms with E-state index < -0.39 is 0 Å². The van der Waals surface area contributed by atoms with Gasteiger partial charge in [-0.05, 0) is 25.6 Å². The molecule has 102 valence electrons. The Morgan fingerprint density at radius 3 is 2.78 bits per heavy atom. The number of ether oxygens (including phenoxy) is 1. The number of nitrogens with one attached hydrogen (secondary N) is 2. The normalized spacial score (nSPS) is 9.50. The Morgan fingerprint density at radius 2 is 2.17 bits per heavy atom. The van der Waals surface area contributed by atoms with Crippen molar-refractivity contribution >= 4 is 24.0 Å².